The average molecular weight is 446 g/mol. The molecule has 30 heavy (non-hydrogen) atoms. The van der Waals surface area contributed by atoms with Crippen LogP contribution in [0.2, 0.25) is 5.02 Å². The van der Waals surface area contributed by atoms with E-state index in [0.717, 1.165) is 22.4 Å². The Hall–Kier alpha value is -1.49. The van der Waals surface area contributed by atoms with Crippen LogP contribution < -0.4 is 0 Å². The second kappa shape index (κ2) is 10.7. The van der Waals surface area contributed by atoms with Gasteiger partial charge < -0.3 is 10.0 Å². The molecule has 1 amide bonds. The van der Waals surface area contributed by atoms with Crippen LogP contribution in [-0.4, -0.2) is 35.3 Å². The van der Waals surface area contributed by atoms with Crippen LogP contribution in [0.1, 0.15) is 62.2 Å². The SMILES string of the molecule is CSc1ccc([C@@H](CC2CCCC2)C(=O)N(C)[C@H](C)[C@H](O)c2ccccc2)cc1Cl. The Morgan fingerprint density at radius 2 is 1.83 bits per heavy atom. The van der Waals surface area contributed by atoms with Crippen molar-refractivity contribution in [1.29, 1.82) is 0 Å². The molecular weight excluding hydrogens is 414 g/mol. The molecule has 2 aromatic carbocycles. The Morgan fingerprint density at radius 1 is 1.17 bits per heavy atom. The van der Waals surface area contributed by atoms with Gasteiger partial charge in [-0.3, -0.25) is 4.79 Å². The summed E-state index contributed by atoms with van der Waals surface area (Å²) in [5.41, 5.74) is 1.80. The molecule has 3 rings (SSSR count). The average Bonchev–Trinajstić information content (AvgIpc) is 3.29. The molecule has 1 N–H and O–H groups in total. The Kier molecular flexibility index (Phi) is 8.27. The van der Waals surface area contributed by atoms with Crippen LogP contribution in [0, 0.1) is 5.92 Å². The summed E-state index contributed by atoms with van der Waals surface area (Å²) in [5, 5.41) is 11.5. The third-order valence-electron chi connectivity index (χ3n) is 6.48. The van der Waals surface area contributed by atoms with E-state index in [2.05, 4.69) is 0 Å². The summed E-state index contributed by atoms with van der Waals surface area (Å²) >= 11 is 8.09. The van der Waals surface area contributed by atoms with Crippen molar-refractivity contribution >= 4 is 29.3 Å². The lowest BCUT2D eigenvalue weighted by Gasteiger charge is -2.33. The van der Waals surface area contributed by atoms with Crippen molar-refractivity contribution in [1.82, 2.24) is 4.90 Å². The monoisotopic (exact) mass is 445 g/mol. The molecule has 3 atom stereocenters. The molecule has 0 saturated heterocycles. The predicted molar refractivity (Wildman–Crippen MR) is 126 cm³/mol. The Morgan fingerprint density at radius 3 is 2.43 bits per heavy atom. The van der Waals surface area contributed by atoms with Gasteiger partial charge in [-0.2, -0.15) is 0 Å². The molecule has 0 spiro atoms. The van der Waals surface area contributed by atoms with Gasteiger partial charge in [0.05, 0.1) is 23.1 Å². The number of aliphatic hydroxyl groups excluding tert-OH is 1. The van der Waals surface area contributed by atoms with E-state index in [1.165, 1.54) is 25.7 Å². The number of rotatable bonds is 8. The summed E-state index contributed by atoms with van der Waals surface area (Å²) in [5.74, 6) is 0.384. The van der Waals surface area contributed by atoms with E-state index < -0.39 is 6.10 Å². The number of likely N-dealkylation sites (N-methyl/N-ethyl adjacent to an activating group) is 1. The van der Waals surface area contributed by atoms with Crippen molar-refractivity contribution in [3.63, 3.8) is 0 Å². The predicted octanol–water partition coefficient (Wildman–Crippen LogP) is 6.31. The number of carbonyl (C=O) groups is 1. The molecule has 0 bridgehead atoms. The highest BCUT2D eigenvalue weighted by atomic mass is 35.5. The van der Waals surface area contributed by atoms with Crippen molar-refractivity contribution in [2.75, 3.05) is 13.3 Å². The second-order valence-corrected chi connectivity index (χ2v) is 9.63. The minimum absolute atomic E-state index is 0.0531. The first kappa shape index (κ1) is 23.2. The van der Waals surface area contributed by atoms with Gasteiger partial charge in [-0.25, -0.2) is 0 Å². The number of aliphatic hydroxyl groups is 1. The first-order chi connectivity index (χ1) is 14.4. The third kappa shape index (κ3) is 5.40. The Labute approximate surface area is 189 Å². The minimum Gasteiger partial charge on any atom is -0.386 e. The number of hydrogen-bond donors (Lipinski definition) is 1. The molecule has 1 fully saturated rings. The molecule has 0 unspecified atom stereocenters. The van der Waals surface area contributed by atoms with Crippen LogP contribution in [0.25, 0.3) is 0 Å². The summed E-state index contributed by atoms with van der Waals surface area (Å²) in [4.78, 5) is 16.4. The molecule has 5 heteroatoms. The maximum Gasteiger partial charge on any atom is 0.230 e. The molecule has 1 aliphatic rings. The molecule has 0 radical (unpaired) electrons. The van der Waals surface area contributed by atoms with Gasteiger partial charge in [0.25, 0.3) is 0 Å². The summed E-state index contributed by atoms with van der Waals surface area (Å²) in [7, 11) is 1.80. The van der Waals surface area contributed by atoms with Crippen molar-refractivity contribution in [3.05, 3.63) is 64.7 Å². The van der Waals surface area contributed by atoms with E-state index in [1.54, 1.807) is 23.7 Å². The van der Waals surface area contributed by atoms with Gasteiger partial charge in [-0.05, 0) is 48.8 Å². The van der Waals surface area contributed by atoms with Gasteiger partial charge in [-0.15, -0.1) is 11.8 Å². The molecule has 0 aromatic heterocycles. The zero-order chi connectivity index (χ0) is 21.7. The van der Waals surface area contributed by atoms with Crippen LogP contribution in [-0.2, 0) is 4.79 Å². The lowest BCUT2D eigenvalue weighted by atomic mass is 9.86. The van der Waals surface area contributed by atoms with Crippen molar-refractivity contribution in [3.8, 4) is 0 Å². The second-order valence-electron chi connectivity index (χ2n) is 8.38. The number of halogens is 1. The van der Waals surface area contributed by atoms with Gasteiger partial charge >= 0.3 is 0 Å². The summed E-state index contributed by atoms with van der Waals surface area (Å²) in [6.07, 6.45) is 6.98. The molecular formula is C25H32ClNO2S. The number of benzene rings is 2. The van der Waals surface area contributed by atoms with Gasteiger partial charge in [0, 0.05) is 11.9 Å². The van der Waals surface area contributed by atoms with Crippen molar-refractivity contribution < 1.29 is 9.90 Å². The van der Waals surface area contributed by atoms with Gasteiger partial charge in [0.15, 0.2) is 0 Å². The van der Waals surface area contributed by atoms with Crippen LogP contribution in [0.5, 0.6) is 0 Å². The van der Waals surface area contributed by atoms with E-state index in [9.17, 15) is 9.90 Å². The molecule has 0 heterocycles. The van der Waals surface area contributed by atoms with E-state index in [-0.39, 0.29) is 17.9 Å². The maximum absolute atomic E-state index is 13.6. The van der Waals surface area contributed by atoms with Crippen LogP contribution in [0.15, 0.2) is 53.4 Å². The van der Waals surface area contributed by atoms with Crippen LogP contribution >= 0.6 is 23.4 Å². The van der Waals surface area contributed by atoms with Gasteiger partial charge in [0.1, 0.15) is 0 Å². The zero-order valence-electron chi connectivity index (χ0n) is 18.1. The van der Waals surface area contributed by atoms with E-state index in [4.69, 9.17) is 11.6 Å². The largest absolute Gasteiger partial charge is 0.386 e. The summed E-state index contributed by atoms with van der Waals surface area (Å²) < 4.78 is 0. The fourth-order valence-electron chi connectivity index (χ4n) is 4.45. The highest BCUT2D eigenvalue weighted by molar-refractivity contribution is 7.98. The topological polar surface area (TPSA) is 40.5 Å². The third-order valence-corrected chi connectivity index (χ3v) is 7.70. The number of carbonyl (C=O) groups excluding carboxylic acids is 1. The van der Waals surface area contributed by atoms with E-state index in [1.807, 2.05) is 61.7 Å². The first-order valence-electron chi connectivity index (χ1n) is 10.8. The quantitative estimate of drug-likeness (QED) is 0.484. The van der Waals surface area contributed by atoms with Crippen molar-refractivity contribution in [2.45, 2.75) is 62.0 Å². The lowest BCUT2D eigenvalue weighted by Crippen LogP contribution is -2.42. The van der Waals surface area contributed by atoms with Crippen LogP contribution in [0.3, 0.4) is 0 Å². The van der Waals surface area contributed by atoms with Crippen LogP contribution in [0.4, 0.5) is 0 Å². The number of nitrogens with zero attached hydrogens (tertiary/aromatic N) is 1. The highest BCUT2D eigenvalue weighted by Crippen LogP contribution is 2.38. The molecule has 1 saturated carbocycles. The molecule has 162 valence electrons. The number of thioether (sulfide) groups is 1. The molecule has 2 aromatic rings. The first-order valence-corrected chi connectivity index (χ1v) is 12.4. The standard InChI is InChI=1S/C25H32ClNO2S/c1-17(24(28)19-11-5-4-6-12-19)27(2)25(29)21(15-18-9-7-8-10-18)20-13-14-23(30-3)22(26)16-20/h4-6,11-14,16-18,21,24,28H,7-10,15H2,1-3H3/t17-,21-,24+/m1/s1. The number of hydrogen-bond acceptors (Lipinski definition) is 3. The van der Waals surface area contributed by atoms with Crippen molar-refractivity contribution in [2.24, 2.45) is 5.92 Å². The van der Waals surface area contributed by atoms with Gasteiger partial charge in [0.2, 0.25) is 5.91 Å². The van der Waals surface area contributed by atoms with E-state index in [0.29, 0.717) is 10.9 Å². The summed E-state index contributed by atoms with van der Waals surface area (Å²) in [6.45, 7) is 1.91. The van der Waals surface area contributed by atoms with E-state index >= 15 is 0 Å². The minimum atomic E-state index is -0.727. The molecule has 3 nitrogen and oxygen atoms in total. The number of amides is 1. The highest BCUT2D eigenvalue weighted by Gasteiger charge is 2.32. The fourth-order valence-corrected chi connectivity index (χ4v) is 5.32. The van der Waals surface area contributed by atoms with Gasteiger partial charge in [-0.1, -0.05) is 73.7 Å². The maximum atomic E-state index is 13.6. The normalized spacial score (nSPS) is 17.5. The molecule has 1 aliphatic carbocycles. The zero-order valence-corrected chi connectivity index (χ0v) is 19.6. The Bertz CT molecular complexity index is 838. The Balaban J connectivity index is 1.84. The molecule has 0 aliphatic heterocycles. The summed E-state index contributed by atoms with van der Waals surface area (Å²) in [6, 6.07) is 15.2. The fraction of sp³-hybridized carbons (Fsp3) is 0.480. The lowest BCUT2D eigenvalue weighted by molar-refractivity contribution is -0.136. The smallest absolute Gasteiger partial charge is 0.230 e.